The van der Waals surface area contributed by atoms with Crippen molar-refractivity contribution in [1.29, 1.82) is 0 Å². The number of benzene rings is 2. The fourth-order valence-electron chi connectivity index (χ4n) is 3.44. The number of hydrogen-bond acceptors (Lipinski definition) is 1. The van der Waals surface area contributed by atoms with Gasteiger partial charge in [-0.15, -0.1) is 0 Å². The van der Waals surface area contributed by atoms with E-state index in [0.717, 1.165) is 12.8 Å². The van der Waals surface area contributed by atoms with Crippen LogP contribution in [-0.4, -0.2) is 16.6 Å². The Morgan fingerprint density at radius 3 is 1.96 bits per heavy atom. The summed E-state index contributed by atoms with van der Waals surface area (Å²) >= 11 is 0. The molecule has 0 aliphatic heterocycles. The molecule has 0 spiro atoms. The largest absolute Gasteiger partial charge is 0.449 e. The van der Waals surface area contributed by atoms with Crippen LogP contribution in [0.2, 0.25) is 26.2 Å². The third kappa shape index (κ3) is 5.40. The zero-order chi connectivity index (χ0) is 18.7. The van der Waals surface area contributed by atoms with E-state index in [1.54, 1.807) is 0 Å². The zero-order valence-corrected chi connectivity index (χ0v) is 19.0. The Hall–Kier alpha value is -1.17. The molecule has 1 nitrogen and oxygen atoms in total. The van der Waals surface area contributed by atoms with Gasteiger partial charge in [0.2, 0.25) is 16.6 Å². The first-order valence-electron chi connectivity index (χ1n) is 9.53. The van der Waals surface area contributed by atoms with Crippen LogP contribution in [0.15, 0.2) is 48.5 Å². The van der Waals surface area contributed by atoms with Crippen molar-refractivity contribution in [2.45, 2.75) is 59.8 Å². The van der Waals surface area contributed by atoms with E-state index >= 15 is 0 Å². The second-order valence-corrected chi connectivity index (χ2v) is 16.5. The fourth-order valence-corrected chi connectivity index (χ4v) is 11.5. The summed E-state index contributed by atoms with van der Waals surface area (Å²) in [6.45, 7) is 16.1. The van der Waals surface area contributed by atoms with Crippen molar-refractivity contribution in [3.63, 3.8) is 0 Å². The summed E-state index contributed by atoms with van der Waals surface area (Å²) in [4.78, 5) is 0. The molecule has 0 saturated carbocycles. The van der Waals surface area contributed by atoms with Gasteiger partial charge in [-0.05, 0) is 66.4 Å². The van der Waals surface area contributed by atoms with E-state index in [1.807, 2.05) is 0 Å². The summed E-state index contributed by atoms with van der Waals surface area (Å²) in [7, 11) is -3.85. The minimum atomic E-state index is -1.93. The summed E-state index contributed by atoms with van der Waals surface area (Å²) in [6, 6.07) is 18.2. The molecule has 2 aromatic rings. The highest BCUT2D eigenvalue weighted by atomic mass is 28.4. The summed E-state index contributed by atoms with van der Waals surface area (Å²) < 4.78 is 6.90. The Labute approximate surface area is 156 Å². The van der Waals surface area contributed by atoms with E-state index in [4.69, 9.17) is 4.12 Å². The lowest BCUT2D eigenvalue weighted by atomic mass is 10.0. The van der Waals surface area contributed by atoms with Crippen LogP contribution in [-0.2, 0) is 17.0 Å². The molecule has 2 rings (SSSR count). The maximum absolute atomic E-state index is 6.90. The summed E-state index contributed by atoms with van der Waals surface area (Å²) in [5.74, 6) is 0.699. The predicted octanol–water partition coefficient (Wildman–Crippen LogP) is 4.99. The molecule has 0 fully saturated rings. The molecule has 0 aliphatic carbocycles. The molecule has 2 aromatic carbocycles. The zero-order valence-electron chi connectivity index (χ0n) is 17.0. The molecule has 25 heavy (non-hydrogen) atoms. The average molecular weight is 371 g/mol. The molecule has 0 unspecified atom stereocenters. The molecule has 0 bridgehead atoms. The fraction of sp³-hybridized carbons (Fsp3) is 0.455. The molecule has 0 saturated heterocycles. The van der Waals surface area contributed by atoms with Gasteiger partial charge in [-0.3, -0.25) is 0 Å². The lowest BCUT2D eigenvalue weighted by Gasteiger charge is -2.35. The molecule has 0 N–H and O–H groups in total. The molecular weight excluding hydrogens is 336 g/mol. The van der Waals surface area contributed by atoms with E-state index in [2.05, 4.69) is 95.5 Å². The Balaban J connectivity index is 2.20. The molecule has 0 aromatic heterocycles. The molecule has 0 heterocycles. The van der Waals surface area contributed by atoms with Gasteiger partial charge in [-0.2, -0.15) is 0 Å². The molecule has 0 aliphatic rings. The van der Waals surface area contributed by atoms with Crippen molar-refractivity contribution in [3.05, 3.63) is 59.7 Å². The SMILES string of the molecule is CCc1cccc([Si](C)(C)O[Si](C)(C)c2ccc(CC(C)C)cc2)c1. The quantitative estimate of drug-likeness (QED) is 0.624. The standard InChI is InChI=1S/C22H34OSi2/c1-8-19-10-9-11-22(17-19)25(6,7)23-24(4,5)21-14-12-20(13-15-21)16-18(2)3/h9-15,17-18H,8,16H2,1-7H3. The van der Waals surface area contributed by atoms with Gasteiger partial charge in [0.05, 0.1) is 0 Å². The third-order valence-electron chi connectivity index (χ3n) is 4.83. The Morgan fingerprint density at radius 2 is 1.40 bits per heavy atom. The first-order valence-corrected chi connectivity index (χ1v) is 15.3. The topological polar surface area (TPSA) is 9.23 Å². The van der Waals surface area contributed by atoms with Crippen molar-refractivity contribution in [1.82, 2.24) is 0 Å². The normalized spacial score (nSPS) is 12.6. The highest BCUT2D eigenvalue weighted by molar-refractivity contribution is 6.96. The highest BCUT2D eigenvalue weighted by Crippen LogP contribution is 2.17. The number of aryl methyl sites for hydroxylation is 1. The number of hydrogen-bond donors (Lipinski definition) is 0. The highest BCUT2D eigenvalue weighted by Gasteiger charge is 2.35. The second-order valence-electron chi connectivity index (χ2n) is 8.47. The van der Waals surface area contributed by atoms with Crippen LogP contribution < -0.4 is 10.4 Å². The van der Waals surface area contributed by atoms with E-state index in [1.165, 1.54) is 21.5 Å². The molecule has 0 amide bonds. The summed E-state index contributed by atoms with van der Waals surface area (Å²) in [6.07, 6.45) is 2.23. The van der Waals surface area contributed by atoms with Crippen LogP contribution in [0.5, 0.6) is 0 Å². The van der Waals surface area contributed by atoms with Gasteiger partial charge < -0.3 is 4.12 Å². The van der Waals surface area contributed by atoms with Gasteiger partial charge >= 0.3 is 0 Å². The minimum absolute atomic E-state index is 0.699. The van der Waals surface area contributed by atoms with Gasteiger partial charge in [0, 0.05) is 0 Å². The van der Waals surface area contributed by atoms with E-state index in [-0.39, 0.29) is 0 Å². The van der Waals surface area contributed by atoms with Gasteiger partial charge in [-0.1, -0.05) is 69.3 Å². The van der Waals surface area contributed by atoms with E-state index in [0.29, 0.717) is 5.92 Å². The number of rotatable bonds is 7. The second kappa shape index (κ2) is 8.02. The Kier molecular flexibility index (Phi) is 6.47. The smallest absolute Gasteiger partial charge is 0.206 e. The van der Waals surface area contributed by atoms with Crippen LogP contribution in [0.1, 0.15) is 31.9 Å². The Bertz CT molecular complexity index is 687. The monoisotopic (exact) mass is 370 g/mol. The summed E-state index contributed by atoms with van der Waals surface area (Å²) in [5, 5.41) is 2.80. The molecular formula is C22H34OSi2. The van der Waals surface area contributed by atoms with Crippen molar-refractivity contribution in [3.8, 4) is 0 Å². The first kappa shape index (κ1) is 20.1. The van der Waals surface area contributed by atoms with Crippen LogP contribution in [0.4, 0.5) is 0 Å². The summed E-state index contributed by atoms with van der Waals surface area (Å²) in [5.41, 5.74) is 2.83. The van der Waals surface area contributed by atoms with Gasteiger partial charge in [-0.25, -0.2) is 0 Å². The minimum Gasteiger partial charge on any atom is -0.449 e. The Morgan fingerprint density at radius 1 is 0.800 bits per heavy atom. The lowest BCUT2D eigenvalue weighted by molar-refractivity contribution is 0.573. The molecule has 0 radical (unpaired) electrons. The van der Waals surface area contributed by atoms with Crippen molar-refractivity contribution < 1.29 is 4.12 Å². The lowest BCUT2D eigenvalue weighted by Crippen LogP contribution is -2.57. The maximum atomic E-state index is 6.90. The average Bonchev–Trinajstić information content (AvgIpc) is 2.54. The van der Waals surface area contributed by atoms with Crippen LogP contribution in [0.25, 0.3) is 0 Å². The van der Waals surface area contributed by atoms with Gasteiger partial charge in [0.1, 0.15) is 0 Å². The third-order valence-corrected chi connectivity index (χ3v) is 12.3. The van der Waals surface area contributed by atoms with Crippen LogP contribution in [0, 0.1) is 5.92 Å². The van der Waals surface area contributed by atoms with Crippen LogP contribution in [0.3, 0.4) is 0 Å². The van der Waals surface area contributed by atoms with Crippen LogP contribution >= 0.6 is 0 Å². The van der Waals surface area contributed by atoms with E-state index < -0.39 is 16.6 Å². The predicted molar refractivity (Wildman–Crippen MR) is 116 cm³/mol. The van der Waals surface area contributed by atoms with Crippen molar-refractivity contribution in [2.75, 3.05) is 0 Å². The molecule has 136 valence electrons. The van der Waals surface area contributed by atoms with Crippen molar-refractivity contribution >= 4 is 27.0 Å². The molecule has 3 heteroatoms. The maximum Gasteiger partial charge on any atom is 0.206 e. The van der Waals surface area contributed by atoms with E-state index in [9.17, 15) is 0 Å². The van der Waals surface area contributed by atoms with Gasteiger partial charge in [0.15, 0.2) is 0 Å². The van der Waals surface area contributed by atoms with Gasteiger partial charge in [0.25, 0.3) is 0 Å². The first-order chi connectivity index (χ1) is 11.6. The molecule has 0 atom stereocenters. The van der Waals surface area contributed by atoms with Crippen molar-refractivity contribution in [2.24, 2.45) is 5.92 Å².